The van der Waals surface area contributed by atoms with Gasteiger partial charge in [0.05, 0.1) is 12.6 Å². The van der Waals surface area contributed by atoms with Crippen LogP contribution in [0.3, 0.4) is 0 Å². The van der Waals surface area contributed by atoms with Gasteiger partial charge in [-0.3, -0.25) is 4.79 Å². The van der Waals surface area contributed by atoms with E-state index in [4.69, 9.17) is 5.11 Å². The van der Waals surface area contributed by atoms with Crippen LogP contribution in [0, 0.1) is 5.92 Å². The van der Waals surface area contributed by atoms with Crippen molar-refractivity contribution in [2.75, 3.05) is 13.2 Å². The fourth-order valence-electron chi connectivity index (χ4n) is 2.84. The van der Waals surface area contributed by atoms with Gasteiger partial charge < -0.3 is 10.0 Å². The first kappa shape index (κ1) is 12.7. The molecule has 1 amide bonds. The number of carbonyl (C=O) groups excluding carboxylic acids is 1. The topological polar surface area (TPSA) is 40.5 Å². The van der Waals surface area contributed by atoms with Crippen LogP contribution in [0.1, 0.15) is 38.5 Å². The molecule has 1 saturated heterocycles. The van der Waals surface area contributed by atoms with Crippen LogP contribution in [0.2, 0.25) is 0 Å². The Balaban J connectivity index is 1.92. The Bertz CT molecular complexity index is 286. The molecule has 0 radical (unpaired) electrons. The van der Waals surface area contributed by atoms with Crippen molar-refractivity contribution in [1.29, 1.82) is 0 Å². The standard InChI is InChI=1S/C12H19F2NO2/c13-12(14)5-3-9(4-6-12)11(17)15-7-1-2-10(15)8-16/h9-10,16H,1-8H2/t10-/m1/s1. The van der Waals surface area contributed by atoms with Gasteiger partial charge in [-0.1, -0.05) is 0 Å². The highest BCUT2D eigenvalue weighted by molar-refractivity contribution is 5.79. The molecule has 1 heterocycles. The summed E-state index contributed by atoms with van der Waals surface area (Å²) in [6.07, 6.45) is 1.92. The summed E-state index contributed by atoms with van der Waals surface area (Å²) in [4.78, 5) is 13.8. The summed E-state index contributed by atoms with van der Waals surface area (Å²) in [5, 5.41) is 9.15. The van der Waals surface area contributed by atoms with Crippen molar-refractivity contribution < 1.29 is 18.7 Å². The maximum absolute atomic E-state index is 13.0. The van der Waals surface area contributed by atoms with Crippen molar-refractivity contribution in [2.45, 2.75) is 50.5 Å². The molecule has 0 aromatic heterocycles. The molecule has 2 rings (SSSR count). The number of aliphatic hydroxyl groups is 1. The van der Waals surface area contributed by atoms with Crippen LogP contribution < -0.4 is 0 Å². The van der Waals surface area contributed by atoms with Gasteiger partial charge in [0.1, 0.15) is 0 Å². The molecule has 1 aliphatic carbocycles. The summed E-state index contributed by atoms with van der Waals surface area (Å²) in [6.45, 7) is 0.644. The summed E-state index contributed by atoms with van der Waals surface area (Å²) in [5.74, 6) is -2.88. The summed E-state index contributed by atoms with van der Waals surface area (Å²) in [6, 6.07) is -0.0927. The number of carbonyl (C=O) groups is 1. The zero-order valence-corrected chi connectivity index (χ0v) is 9.87. The van der Waals surface area contributed by atoms with Crippen LogP contribution in [0.5, 0.6) is 0 Å². The van der Waals surface area contributed by atoms with E-state index in [9.17, 15) is 13.6 Å². The number of hydrogen-bond acceptors (Lipinski definition) is 2. The Hall–Kier alpha value is -0.710. The maximum Gasteiger partial charge on any atom is 0.248 e. The number of hydrogen-bond donors (Lipinski definition) is 1. The van der Waals surface area contributed by atoms with Crippen LogP contribution in [0.4, 0.5) is 8.78 Å². The van der Waals surface area contributed by atoms with E-state index in [0.717, 1.165) is 12.8 Å². The summed E-state index contributed by atoms with van der Waals surface area (Å²) < 4.78 is 26.0. The van der Waals surface area contributed by atoms with E-state index in [1.165, 1.54) is 0 Å². The number of likely N-dealkylation sites (tertiary alicyclic amines) is 1. The largest absolute Gasteiger partial charge is 0.394 e. The van der Waals surface area contributed by atoms with Crippen molar-refractivity contribution >= 4 is 5.91 Å². The minimum absolute atomic E-state index is 0.0192. The second-order valence-corrected chi connectivity index (χ2v) is 5.14. The Labute approximate surface area is 99.8 Å². The molecule has 2 aliphatic rings. The summed E-state index contributed by atoms with van der Waals surface area (Å²) in [5.41, 5.74) is 0. The number of rotatable bonds is 2. The van der Waals surface area contributed by atoms with Crippen molar-refractivity contribution in [3.05, 3.63) is 0 Å². The lowest BCUT2D eigenvalue weighted by atomic mass is 9.86. The van der Waals surface area contributed by atoms with E-state index in [0.29, 0.717) is 6.54 Å². The lowest BCUT2D eigenvalue weighted by Crippen LogP contribution is -2.43. The van der Waals surface area contributed by atoms with Gasteiger partial charge in [0, 0.05) is 25.3 Å². The highest BCUT2D eigenvalue weighted by atomic mass is 19.3. The second kappa shape index (κ2) is 4.88. The monoisotopic (exact) mass is 247 g/mol. The van der Waals surface area contributed by atoms with Gasteiger partial charge in [-0.25, -0.2) is 8.78 Å². The number of alkyl halides is 2. The molecule has 3 nitrogen and oxygen atoms in total. The molecule has 1 aliphatic heterocycles. The molecule has 1 atom stereocenters. The van der Waals surface area contributed by atoms with Crippen LogP contribution in [-0.2, 0) is 4.79 Å². The third-order valence-corrected chi connectivity index (χ3v) is 3.94. The maximum atomic E-state index is 13.0. The zero-order valence-electron chi connectivity index (χ0n) is 9.87. The smallest absolute Gasteiger partial charge is 0.248 e. The summed E-state index contributed by atoms with van der Waals surface area (Å²) >= 11 is 0. The molecule has 5 heteroatoms. The molecular weight excluding hydrogens is 228 g/mol. The molecule has 0 bridgehead atoms. The van der Waals surface area contributed by atoms with E-state index in [1.54, 1.807) is 4.90 Å². The molecule has 98 valence electrons. The predicted molar refractivity (Wildman–Crippen MR) is 58.7 cm³/mol. The minimum atomic E-state index is -2.59. The zero-order chi connectivity index (χ0) is 12.5. The average Bonchev–Trinajstić information content (AvgIpc) is 2.76. The van der Waals surface area contributed by atoms with Crippen molar-refractivity contribution in [2.24, 2.45) is 5.92 Å². The molecule has 17 heavy (non-hydrogen) atoms. The van der Waals surface area contributed by atoms with Crippen molar-refractivity contribution in [1.82, 2.24) is 4.90 Å². The molecule has 0 aromatic carbocycles. The molecule has 2 fully saturated rings. The number of amides is 1. The predicted octanol–water partition coefficient (Wildman–Crippen LogP) is 1.80. The van der Waals surface area contributed by atoms with Gasteiger partial charge in [0.2, 0.25) is 11.8 Å². The Morgan fingerprint density at radius 2 is 1.94 bits per heavy atom. The number of nitrogens with zero attached hydrogens (tertiary/aromatic N) is 1. The molecular formula is C12H19F2NO2. The molecule has 0 spiro atoms. The average molecular weight is 247 g/mol. The van der Waals surface area contributed by atoms with Crippen LogP contribution in [-0.4, -0.2) is 41.0 Å². The Morgan fingerprint density at radius 1 is 1.29 bits per heavy atom. The second-order valence-electron chi connectivity index (χ2n) is 5.14. The van der Waals surface area contributed by atoms with Gasteiger partial charge in [-0.15, -0.1) is 0 Å². The molecule has 1 N–H and O–H groups in total. The number of aliphatic hydroxyl groups excluding tert-OH is 1. The first-order valence-electron chi connectivity index (χ1n) is 6.33. The highest BCUT2D eigenvalue weighted by Gasteiger charge is 2.40. The van der Waals surface area contributed by atoms with Gasteiger partial charge in [0.25, 0.3) is 0 Å². The Kier molecular flexibility index (Phi) is 3.66. The first-order valence-corrected chi connectivity index (χ1v) is 6.33. The lowest BCUT2D eigenvalue weighted by Gasteiger charge is -2.32. The van der Waals surface area contributed by atoms with Gasteiger partial charge >= 0.3 is 0 Å². The van der Waals surface area contributed by atoms with Crippen LogP contribution in [0.15, 0.2) is 0 Å². The van der Waals surface area contributed by atoms with Crippen LogP contribution in [0.25, 0.3) is 0 Å². The van der Waals surface area contributed by atoms with E-state index < -0.39 is 5.92 Å². The van der Waals surface area contributed by atoms with E-state index in [-0.39, 0.29) is 50.2 Å². The molecule has 0 unspecified atom stereocenters. The normalized spacial score (nSPS) is 29.6. The lowest BCUT2D eigenvalue weighted by molar-refractivity contribution is -0.141. The van der Waals surface area contributed by atoms with Gasteiger partial charge in [0.15, 0.2) is 0 Å². The fourth-order valence-corrected chi connectivity index (χ4v) is 2.84. The van der Waals surface area contributed by atoms with E-state index in [1.807, 2.05) is 0 Å². The molecule has 0 aromatic rings. The van der Waals surface area contributed by atoms with Gasteiger partial charge in [-0.05, 0) is 25.7 Å². The SMILES string of the molecule is O=C(C1CCC(F)(F)CC1)N1CCC[C@@H]1CO. The van der Waals surface area contributed by atoms with E-state index in [2.05, 4.69) is 0 Å². The fraction of sp³-hybridized carbons (Fsp3) is 0.917. The number of halogens is 2. The third-order valence-electron chi connectivity index (χ3n) is 3.94. The highest BCUT2D eigenvalue weighted by Crippen LogP contribution is 2.37. The summed E-state index contributed by atoms with van der Waals surface area (Å²) in [7, 11) is 0. The van der Waals surface area contributed by atoms with E-state index >= 15 is 0 Å². The van der Waals surface area contributed by atoms with Crippen LogP contribution >= 0.6 is 0 Å². The quantitative estimate of drug-likeness (QED) is 0.808. The third kappa shape index (κ3) is 2.76. The van der Waals surface area contributed by atoms with Crippen molar-refractivity contribution in [3.8, 4) is 0 Å². The first-order chi connectivity index (χ1) is 8.03. The minimum Gasteiger partial charge on any atom is -0.394 e. The van der Waals surface area contributed by atoms with Crippen molar-refractivity contribution in [3.63, 3.8) is 0 Å². The van der Waals surface area contributed by atoms with Gasteiger partial charge in [-0.2, -0.15) is 0 Å². The Morgan fingerprint density at radius 3 is 2.53 bits per heavy atom. The molecule has 1 saturated carbocycles.